The van der Waals surface area contributed by atoms with E-state index in [4.69, 9.17) is 0 Å². The summed E-state index contributed by atoms with van der Waals surface area (Å²) in [5, 5.41) is 9.00. The summed E-state index contributed by atoms with van der Waals surface area (Å²) in [5.41, 5.74) is 0.883. The van der Waals surface area contributed by atoms with Crippen LogP contribution < -0.4 is 0 Å². The van der Waals surface area contributed by atoms with E-state index in [1.165, 1.54) is 0 Å². The number of hydrogen-bond acceptors (Lipinski definition) is 3. The van der Waals surface area contributed by atoms with E-state index in [0.717, 1.165) is 16.6 Å². The maximum Gasteiger partial charge on any atom is 0.195 e. The van der Waals surface area contributed by atoms with Crippen LogP contribution in [0, 0.1) is 0 Å². The predicted octanol–water partition coefficient (Wildman–Crippen LogP) is 2.01. The second-order valence-corrected chi connectivity index (χ2v) is 3.50. The van der Waals surface area contributed by atoms with Crippen LogP contribution in [0.4, 0.5) is 0 Å². The Morgan fingerprint density at radius 3 is 3.23 bits per heavy atom. The summed E-state index contributed by atoms with van der Waals surface area (Å²) in [5.74, 6) is 0.857. The van der Waals surface area contributed by atoms with Gasteiger partial charge in [0.2, 0.25) is 0 Å². The van der Waals surface area contributed by atoms with Gasteiger partial charge in [-0.25, -0.2) is 0 Å². The van der Waals surface area contributed by atoms with Gasteiger partial charge < -0.3 is 0 Å². The molecule has 0 aromatic carbocycles. The van der Waals surface area contributed by atoms with Gasteiger partial charge in [0.05, 0.1) is 0 Å². The Labute approximate surface area is 80.5 Å². The van der Waals surface area contributed by atoms with E-state index < -0.39 is 0 Å². The Morgan fingerprint density at radius 1 is 1.46 bits per heavy atom. The number of nitrogens with zero attached hydrogens (tertiary/aromatic N) is 3. The van der Waals surface area contributed by atoms with E-state index in [-0.39, 0.29) is 0 Å². The van der Waals surface area contributed by atoms with Crippen molar-refractivity contribution in [2.45, 2.75) is 5.16 Å². The van der Waals surface area contributed by atoms with Crippen molar-refractivity contribution in [3.8, 4) is 0 Å². The second kappa shape index (κ2) is 3.62. The Hall–Kier alpha value is -1.29. The van der Waals surface area contributed by atoms with Gasteiger partial charge in [0.15, 0.2) is 10.8 Å². The molecule has 0 saturated carbocycles. The maximum atomic E-state index is 4.06. The Bertz CT molecular complexity index is 421. The highest BCUT2D eigenvalue weighted by atomic mass is 32.2. The van der Waals surface area contributed by atoms with Crippen molar-refractivity contribution >= 4 is 17.4 Å². The summed E-state index contributed by atoms with van der Waals surface area (Å²) in [4.78, 5) is 0. The highest BCUT2D eigenvalue weighted by molar-refractivity contribution is 7.99. The van der Waals surface area contributed by atoms with Crippen LogP contribution >= 0.6 is 11.8 Å². The van der Waals surface area contributed by atoms with Crippen molar-refractivity contribution in [1.82, 2.24) is 14.6 Å². The first-order chi connectivity index (χ1) is 6.42. The normalized spacial score (nSPS) is 10.5. The summed E-state index contributed by atoms with van der Waals surface area (Å²) in [6.45, 7) is 3.66. The second-order valence-electron chi connectivity index (χ2n) is 2.51. The minimum atomic E-state index is 0.857. The lowest BCUT2D eigenvalue weighted by Gasteiger charge is -1.94. The molecule has 2 aromatic rings. The summed E-state index contributed by atoms with van der Waals surface area (Å²) in [7, 11) is 0. The molecule has 0 unspecified atom stereocenters. The number of rotatable bonds is 3. The third-order valence-corrected chi connectivity index (χ3v) is 2.55. The minimum absolute atomic E-state index is 0.857. The lowest BCUT2D eigenvalue weighted by Crippen LogP contribution is -1.85. The molecule has 3 nitrogen and oxygen atoms in total. The summed E-state index contributed by atoms with van der Waals surface area (Å²) >= 11 is 1.63. The van der Waals surface area contributed by atoms with Gasteiger partial charge in [-0.15, -0.1) is 16.8 Å². The van der Waals surface area contributed by atoms with E-state index in [1.807, 2.05) is 34.9 Å². The standard InChI is InChI=1S/C9H9N3S/c1-2-7-13-9-11-10-8-5-3-4-6-12(8)9/h2-6H,1,7H2. The van der Waals surface area contributed by atoms with Crippen molar-refractivity contribution in [3.05, 3.63) is 37.1 Å². The molecule has 0 amide bonds. The van der Waals surface area contributed by atoms with Gasteiger partial charge in [0, 0.05) is 11.9 Å². The predicted molar refractivity (Wildman–Crippen MR) is 53.9 cm³/mol. The van der Waals surface area contributed by atoms with E-state index in [2.05, 4.69) is 16.8 Å². The minimum Gasteiger partial charge on any atom is -0.277 e. The topological polar surface area (TPSA) is 30.2 Å². The zero-order valence-electron chi connectivity index (χ0n) is 7.05. The average molecular weight is 191 g/mol. The van der Waals surface area contributed by atoms with Gasteiger partial charge in [-0.3, -0.25) is 4.40 Å². The third-order valence-electron chi connectivity index (χ3n) is 1.61. The smallest absolute Gasteiger partial charge is 0.195 e. The number of aromatic nitrogens is 3. The quantitative estimate of drug-likeness (QED) is 0.549. The Morgan fingerprint density at radius 2 is 2.38 bits per heavy atom. The third kappa shape index (κ3) is 1.58. The van der Waals surface area contributed by atoms with Crippen molar-refractivity contribution in [1.29, 1.82) is 0 Å². The van der Waals surface area contributed by atoms with Crippen LogP contribution in [-0.2, 0) is 0 Å². The molecule has 0 fully saturated rings. The summed E-state index contributed by atoms with van der Waals surface area (Å²) in [6, 6.07) is 5.85. The van der Waals surface area contributed by atoms with E-state index in [0.29, 0.717) is 0 Å². The van der Waals surface area contributed by atoms with Crippen LogP contribution in [0.15, 0.2) is 42.2 Å². The number of hydrogen-bond donors (Lipinski definition) is 0. The van der Waals surface area contributed by atoms with Crippen molar-refractivity contribution in [2.75, 3.05) is 5.75 Å². The molecule has 0 atom stereocenters. The molecule has 13 heavy (non-hydrogen) atoms. The zero-order chi connectivity index (χ0) is 9.10. The molecule has 2 heterocycles. The largest absolute Gasteiger partial charge is 0.277 e. The van der Waals surface area contributed by atoms with Gasteiger partial charge >= 0.3 is 0 Å². The molecule has 0 radical (unpaired) electrons. The molecule has 66 valence electrons. The first-order valence-corrected chi connectivity index (χ1v) is 4.94. The van der Waals surface area contributed by atoms with Gasteiger partial charge in [-0.05, 0) is 12.1 Å². The van der Waals surface area contributed by atoms with Crippen molar-refractivity contribution in [3.63, 3.8) is 0 Å². The molecule has 0 aliphatic rings. The number of thioether (sulfide) groups is 1. The van der Waals surface area contributed by atoms with Crippen LogP contribution in [0.5, 0.6) is 0 Å². The van der Waals surface area contributed by atoms with E-state index >= 15 is 0 Å². The number of fused-ring (bicyclic) bond motifs is 1. The molecule has 0 N–H and O–H groups in total. The highest BCUT2D eigenvalue weighted by Gasteiger charge is 2.02. The van der Waals surface area contributed by atoms with Gasteiger partial charge in [0.25, 0.3) is 0 Å². The van der Waals surface area contributed by atoms with Crippen LogP contribution in [0.25, 0.3) is 5.65 Å². The van der Waals surface area contributed by atoms with Crippen molar-refractivity contribution in [2.24, 2.45) is 0 Å². The molecule has 2 rings (SSSR count). The van der Waals surface area contributed by atoms with Crippen molar-refractivity contribution < 1.29 is 0 Å². The molecule has 0 bridgehead atoms. The van der Waals surface area contributed by atoms with Gasteiger partial charge in [0.1, 0.15) is 0 Å². The zero-order valence-corrected chi connectivity index (χ0v) is 7.87. The first-order valence-electron chi connectivity index (χ1n) is 3.95. The maximum absolute atomic E-state index is 4.06. The SMILES string of the molecule is C=CCSc1nnc2ccccn12. The molecule has 0 saturated heterocycles. The van der Waals surface area contributed by atoms with Crippen LogP contribution in [-0.4, -0.2) is 20.4 Å². The molecule has 4 heteroatoms. The van der Waals surface area contributed by atoms with Gasteiger partial charge in [-0.2, -0.15) is 0 Å². The van der Waals surface area contributed by atoms with Crippen LogP contribution in [0.1, 0.15) is 0 Å². The fourth-order valence-corrected chi connectivity index (χ4v) is 1.71. The fourth-order valence-electron chi connectivity index (χ4n) is 1.05. The lowest BCUT2D eigenvalue weighted by molar-refractivity contribution is 0.923. The molecular formula is C9H9N3S. The Kier molecular flexibility index (Phi) is 2.31. The Balaban J connectivity index is 2.40. The fraction of sp³-hybridized carbons (Fsp3) is 0.111. The molecular weight excluding hydrogens is 182 g/mol. The van der Waals surface area contributed by atoms with E-state index in [9.17, 15) is 0 Å². The molecule has 0 spiro atoms. The van der Waals surface area contributed by atoms with E-state index in [1.54, 1.807) is 11.8 Å². The lowest BCUT2D eigenvalue weighted by atomic mass is 10.5. The molecule has 0 aliphatic heterocycles. The monoisotopic (exact) mass is 191 g/mol. The van der Waals surface area contributed by atoms with Crippen LogP contribution in [0.3, 0.4) is 0 Å². The highest BCUT2D eigenvalue weighted by Crippen LogP contribution is 2.15. The molecule has 0 aliphatic carbocycles. The molecule has 2 aromatic heterocycles. The van der Waals surface area contributed by atoms with Crippen LogP contribution in [0.2, 0.25) is 0 Å². The van der Waals surface area contributed by atoms with Gasteiger partial charge in [-0.1, -0.05) is 23.9 Å². The first kappa shape index (κ1) is 8.31. The summed E-state index contributed by atoms with van der Waals surface area (Å²) in [6.07, 6.45) is 3.81. The number of pyridine rings is 1. The average Bonchev–Trinajstić information content (AvgIpc) is 2.58. The summed E-state index contributed by atoms with van der Waals surface area (Å²) < 4.78 is 1.97.